The minimum Gasteiger partial charge on any atom is -0.383 e. The molecule has 142 valence electrons. The van der Waals surface area contributed by atoms with E-state index >= 15 is 0 Å². The number of benzene rings is 1. The van der Waals surface area contributed by atoms with Crippen LogP contribution in [-0.4, -0.2) is 37.2 Å². The van der Waals surface area contributed by atoms with E-state index in [0.29, 0.717) is 24.4 Å². The molecule has 3 aromatic rings. The first kappa shape index (κ1) is 17.7. The van der Waals surface area contributed by atoms with Gasteiger partial charge in [-0.1, -0.05) is 30.7 Å². The molecule has 0 amide bonds. The van der Waals surface area contributed by atoms with Crippen molar-refractivity contribution >= 4 is 22.8 Å². The average molecular weight is 365 g/mol. The zero-order valence-electron chi connectivity index (χ0n) is 16.0. The highest BCUT2D eigenvalue weighted by molar-refractivity contribution is 5.86. The molecule has 0 spiro atoms. The van der Waals surface area contributed by atoms with E-state index in [1.54, 1.807) is 10.9 Å². The molecular formula is C20H27N7. The van der Waals surface area contributed by atoms with Crippen LogP contribution in [-0.2, 0) is 20.1 Å². The molecule has 7 nitrogen and oxygen atoms in total. The summed E-state index contributed by atoms with van der Waals surface area (Å²) in [6.45, 7) is 5.17. The number of aryl methyl sites for hydroxylation is 1. The Morgan fingerprint density at radius 2 is 2.00 bits per heavy atom. The average Bonchev–Trinajstić information content (AvgIpc) is 3.04. The number of piperidine rings is 1. The van der Waals surface area contributed by atoms with Gasteiger partial charge in [-0.3, -0.25) is 9.58 Å². The van der Waals surface area contributed by atoms with E-state index in [9.17, 15) is 0 Å². The fraction of sp³-hybridized carbons (Fsp3) is 0.450. The summed E-state index contributed by atoms with van der Waals surface area (Å²) < 4.78 is 1.71. The predicted octanol–water partition coefficient (Wildman–Crippen LogP) is 2.93. The fourth-order valence-electron chi connectivity index (χ4n) is 3.79. The Labute approximate surface area is 159 Å². The van der Waals surface area contributed by atoms with Crippen molar-refractivity contribution < 1.29 is 0 Å². The maximum atomic E-state index is 6.06. The van der Waals surface area contributed by atoms with E-state index in [1.807, 2.05) is 7.05 Å². The van der Waals surface area contributed by atoms with E-state index in [1.165, 1.54) is 36.9 Å². The summed E-state index contributed by atoms with van der Waals surface area (Å²) in [5.41, 5.74) is 9.41. The largest absolute Gasteiger partial charge is 0.383 e. The zero-order chi connectivity index (χ0) is 18.8. The van der Waals surface area contributed by atoms with Crippen molar-refractivity contribution in [1.82, 2.24) is 24.6 Å². The number of hydrogen-bond acceptors (Lipinski definition) is 6. The van der Waals surface area contributed by atoms with Crippen molar-refractivity contribution in [2.75, 3.05) is 17.6 Å². The van der Waals surface area contributed by atoms with Crippen LogP contribution in [0.2, 0.25) is 0 Å². The van der Waals surface area contributed by atoms with E-state index in [-0.39, 0.29) is 0 Å². The summed E-state index contributed by atoms with van der Waals surface area (Å²) in [5.74, 6) is 0.982. The number of likely N-dealkylation sites (tertiary alicyclic amines) is 1. The second-order valence-corrected chi connectivity index (χ2v) is 7.38. The molecule has 1 aliphatic rings. The van der Waals surface area contributed by atoms with E-state index < -0.39 is 0 Å². The molecule has 1 atom stereocenters. The number of rotatable bonds is 5. The topological polar surface area (TPSA) is 84.9 Å². The molecule has 3 heterocycles. The van der Waals surface area contributed by atoms with Gasteiger partial charge >= 0.3 is 0 Å². The maximum absolute atomic E-state index is 6.06. The monoisotopic (exact) mass is 365 g/mol. The minimum atomic E-state index is 0.450. The van der Waals surface area contributed by atoms with Crippen molar-refractivity contribution in [2.45, 2.75) is 45.3 Å². The molecule has 2 aromatic heterocycles. The lowest BCUT2D eigenvalue weighted by Crippen LogP contribution is -2.37. The summed E-state index contributed by atoms with van der Waals surface area (Å²) >= 11 is 0. The highest BCUT2D eigenvalue weighted by Gasteiger charge is 2.19. The first-order chi connectivity index (χ1) is 13.1. The molecule has 1 unspecified atom stereocenters. The molecule has 1 fully saturated rings. The Kier molecular flexibility index (Phi) is 4.94. The van der Waals surface area contributed by atoms with Gasteiger partial charge in [-0.15, -0.1) is 0 Å². The van der Waals surface area contributed by atoms with Gasteiger partial charge in [-0.25, -0.2) is 0 Å². The van der Waals surface area contributed by atoms with Gasteiger partial charge in [0.2, 0.25) is 5.95 Å². The van der Waals surface area contributed by atoms with Gasteiger partial charge in [0.15, 0.2) is 5.65 Å². The smallest absolute Gasteiger partial charge is 0.226 e. The van der Waals surface area contributed by atoms with Crippen molar-refractivity contribution in [3.63, 3.8) is 0 Å². The van der Waals surface area contributed by atoms with Gasteiger partial charge < -0.3 is 11.1 Å². The molecule has 0 radical (unpaired) electrons. The number of hydrogen-bond donors (Lipinski definition) is 2. The third-order valence-corrected chi connectivity index (χ3v) is 5.49. The zero-order valence-corrected chi connectivity index (χ0v) is 16.0. The number of nitrogen functional groups attached to an aromatic ring is 1. The third kappa shape index (κ3) is 3.73. The van der Waals surface area contributed by atoms with E-state index in [4.69, 9.17) is 5.73 Å². The Hall–Kier alpha value is -2.67. The summed E-state index contributed by atoms with van der Waals surface area (Å²) in [6, 6.07) is 9.24. The number of aromatic nitrogens is 4. The molecule has 3 N–H and O–H groups in total. The van der Waals surface area contributed by atoms with Crippen LogP contribution in [0.25, 0.3) is 11.0 Å². The SMILES string of the molecule is CC1CCCCN1Cc1ccccc1CNc1nc(N)c2cnn(C)c2n1. The van der Waals surface area contributed by atoms with Crippen LogP contribution in [0.3, 0.4) is 0 Å². The van der Waals surface area contributed by atoms with Gasteiger partial charge in [-0.05, 0) is 37.4 Å². The Morgan fingerprint density at radius 1 is 1.19 bits per heavy atom. The minimum absolute atomic E-state index is 0.450. The maximum Gasteiger partial charge on any atom is 0.226 e. The van der Waals surface area contributed by atoms with Crippen LogP contribution in [0.5, 0.6) is 0 Å². The van der Waals surface area contributed by atoms with E-state index in [2.05, 4.69) is 56.5 Å². The molecule has 4 rings (SSSR count). The second-order valence-electron chi connectivity index (χ2n) is 7.38. The predicted molar refractivity (Wildman–Crippen MR) is 108 cm³/mol. The lowest BCUT2D eigenvalue weighted by Gasteiger charge is -2.33. The van der Waals surface area contributed by atoms with Crippen LogP contribution < -0.4 is 11.1 Å². The molecular weight excluding hydrogens is 338 g/mol. The van der Waals surface area contributed by atoms with E-state index in [0.717, 1.165) is 17.6 Å². The van der Waals surface area contributed by atoms with Gasteiger partial charge in [0.05, 0.1) is 11.6 Å². The summed E-state index contributed by atoms with van der Waals surface area (Å²) in [5, 5.41) is 8.32. The van der Waals surface area contributed by atoms with Crippen molar-refractivity contribution in [2.24, 2.45) is 7.05 Å². The summed E-state index contributed by atoms with van der Waals surface area (Å²) in [7, 11) is 1.85. The number of nitrogens with zero attached hydrogens (tertiary/aromatic N) is 5. The molecule has 1 aliphatic heterocycles. The fourth-order valence-corrected chi connectivity index (χ4v) is 3.79. The Balaban J connectivity index is 1.51. The molecule has 0 saturated carbocycles. The molecule has 0 bridgehead atoms. The second kappa shape index (κ2) is 7.52. The van der Waals surface area contributed by atoms with Crippen LogP contribution in [0.4, 0.5) is 11.8 Å². The van der Waals surface area contributed by atoms with Gasteiger partial charge in [0.1, 0.15) is 5.82 Å². The summed E-state index contributed by atoms with van der Waals surface area (Å²) in [4.78, 5) is 11.5. The lowest BCUT2D eigenvalue weighted by atomic mass is 10.0. The number of anilines is 2. The van der Waals surface area contributed by atoms with Crippen molar-refractivity contribution in [3.8, 4) is 0 Å². The van der Waals surface area contributed by atoms with Crippen LogP contribution >= 0.6 is 0 Å². The van der Waals surface area contributed by atoms with Crippen LogP contribution in [0.15, 0.2) is 30.5 Å². The number of fused-ring (bicyclic) bond motifs is 1. The number of nitrogens with two attached hydrogens (primary N) is 1. The van der Waals surface area contributed by atoms with Crippen LogP contribution in [0.1, 0.15) is 37.3 Å². The highest BCUT2D eigenvalue weighted by atomic mass is 15.3. The first-order valence-corrected chi connectivity index (χ1v) is 9.62. The lowest BCUT2D eigenvalue weighted by molar-refractivity contribution is 0.152. The van der Waals surface area contributed by atoms with Gasteiger partial charge in [0.25, 0.3) is 0 Å². The standard InChI is InChI=1S/C20H27N7/c1-14-7-5-6-10-27(14)13-16-9-4-3-8-15(16)11-22-20-24-18(21)17-12-23-26(2)19(17)25-20/h3-4,8-9,12,14H,5-7,10-11,13H2,1-2H3,(H3,21,22,24,25). The van der Waals surface area contributed by atoms with Gasteiger partial charge in [-0.2, -0.15) is 15.1 Å². The molecule has 27 heavy (non-hydrogen) atoms. The van der Waals surface area contributed by atoms with Gasteiger partial charge in [0, 0.05) is 26.2 Å². The number of nitrogens with one attached hydrogen (secondary N) is 1. The molecule has 1 aromatic carbocycles. The normalized spacial score (nSPS) is 18.1. The first-order valence-electron chi connectivity index (χ1n) is 9.62. The molecule has 7 heteroatoms. The molecule has 0 aliphatic carbocycles. The quantitative estimate of drug-likeness (QED) is 0.723. The summed E-state index contributed by atoms with van der Waals surface area (Å²) in [6.07, 6.45) is 5.63. The van der Waals surface area contributed by atoms with Crippen LogP contribution in [0, 0.1) is 0 Å². The Morgan fingerprint density at radius 3 is 2.81 bits per heavy atom. The van der Waals surface area contributed by atoms with Crippen molar-refractivity contribution in [1.29, 1.82) is 0 Å². The highest BCUT2D eigenvalue weighted by Crippen LogP contribution is 2.22. The Bertz CT molecular complexity index is 933. The third-order valence-electron chi connectivity index (χ3n) is 5.49. The molecule has 1 saturated heterocycles. The van der Waals surface area contributed by atoms with Crippen molar-refractivity contribution in [3.05, 3.63) is 41.6 Å².